The molecule has 0 atom stereocenters. The summed E-state index contributed by atoms with van der Waals surface area (Å²) in [5, 5.41) is 6.30. The number of guanidine groups is 1. The maximum atomic E-state index is 12.0. The molecule has 1 amide bonds. The lowest BCUT2D eigenvalue weighted by molar-refractivity contribution is 0.0925. The Labute approximate surface area is 172 Å². The first kappa shape index (κ1) is 20.7. The Morgan fingerprint density at radius 3 is 2.52 bits per heavy atom. The average molecular weight is 395 g/mol. The van der Waals surface area contributed by atoms with Crippen LogP contribution in [0.2, 0.25) is 0 Å². The van der Waals surface area contributed by atoms with E-state index in [4.69, 9.17) is 4.42 Å². The maximum absolute atomic E-state index is 12.0. The second-order valence-corrected chi connectivity index (χ2v) is 7.22. The van der Waals surface area contributed by atoms with Crippen molar-refractivity contribution >= 4 is 17.9 Å². The van der Waals surface area contributed by atoms with E-state index in [1.165, 1.54) is 17.4 Å². The summed E-state index contributed by atoms with van der Waals surface area (Å²) in [5.41, 5.74) is 3.61. The molecule has 0 unspecified atom stereocenters. The van der Waals surface area contributed by atoms with Crippen LogP contribution in [0.5, 0.6) is 0 Å². The van der Waals surface area contributed by atoms with Crippen molar-refractivity contribution in [2.75, 3.05) is 33.2 Å². The molecule has 1 aliphatic rings. The van der Waals surface area contributed by atoms with Gasteiger partial charge in [-0.1, -0.05) is 42.0 Å². The van der Waals surface area contributed by atoms with Crippen LogP contribution < -0.4 is 10.6 Å². The number of benzene rings is 1. The highest BCUT2D eigenvalue weighted by atomic mass is 16.3. The number of aliphatic imine (C=N–C) groups is 1. The number of nitrogens with zero attached hydrogens (tertiary/aromatic N) is 2. The van der Waals surface area contributed by atoms with Crippen molar-refractivity contribution in [1.82, 2.24) is 15.5 Å². The van der Waals surface area contributed by atoms with E-state index in [2.05, 4.69) is 50.9 Å². The lowest BCUT2D eigenvalue weighted by Crippen LogP contribution is -2.45. The van der Waals surface area contributed by atoms with Gasteiger partial charge >= 0.3 is 0 Å². The summed E-state index contributed by atoms with van der Waals surface area (Å²) in [5.74, 6) is 1.16. The maximum Gasteiger partial charge on any atom is 0.287 e. The molecule has 1 aromatic heterocycles. The monoisotopic (exact) mass is 394 g/mol. The van der Waals surface area contributed by atoms with Crippen molar-refractivity contribution in [3.63, 3.8) is 0 Å². The smallest absolute Gasteiger partial charge is 0.287 e. The lowest BCUT2D eigenvalue weighted by atomic mass is 10.0. The van der Waals surface area contributed by atoms with Crippen molar-refractivity contribution in [1.29, 1.82) is 0 Å². The second-order valence-electron chi connectivity index (χ2n) is 7.22. The van der Waals surface area contributed by atoms with Gasteiger partial charge in [-0.3, -0.25) is 9.79 Å². The summed E-state index contributed by atoms with van der Waals surface area (Å²) in [6.07, 6.45) is 6.76. The van der Waals surface area contributed by atoms with E-state index in [-0.39, 0.29) is 5.91 Å². The third kappa shape index (κ3) is 5.98. The van der Waals surface area contributed by atoms with Crippen LogP contribution in [0.15, 0.2) is 57.6 Å². The van der Waals surface area contributed by atoms with E-state index in [0.29, 0.717) is 12.3 Å². The standard InChI is InChI=1S/C23H30N4O2/c1-18-11-16-29-21(18)22(28)25-12-6-13-26-23(24-2)27-14-9-20(10-15-27)17-19-7-4-3-5-8-19/h3-5,7-8,11,16-17H,6,9-10,12-15H2,1-2H3,(H,24,26)(H,25,28). The zero-order chi connectivity index (χ0) is 20.5. The number of piperidine rings is 1. The van der Waals surface area contributed by atoms with Crippen LogP contribution in [0.4, 0.5) is 0 Å². The lowest BCUT2D eigenvalue weighted by Gasteiger charge is -2.31. The minimum atomic E-state index is -0.161. The number of carbonyl (C=O) groups is 1. The zero-order valence-corrected chi connectivity index (χ0v) is 17.3. The third-order valence-corrected chi connectivity index (χ3v) is 5.08. The molecule has 2 heterocycles. The van der Waals surface area contributed by atoms with E-state index in [1.54, 1.807) is 6.07 Å². The fourth-order valence-corrected chi connectivity index (χ4v) is 3.44. The van der Waals surface area contributed by atoms with E-state index in [0.717, 1.165) is 50.4 Å². The van der Waals surface area contributed by atoms with E-state index < -0.39 is 0 Å². The van der Waals surface area contributed by atoms with Crippen LogP contribution in [0.25, 0.3) is 6.08 Å². The number of hydrogen-bond acceptors (Lipinski definition) is 3. The van der Waals surface area contributed by atoms with Gasteiger partial charge in [0.25, 0.3) is 5.91 Å². The molecule has 3 rings (SSSR count). The van der Waals surface area contributed by atoms with Crippen molar-refractivity contribution in [2.24, 2.45) is 4.99 Å². The van der Waals surface area contributed by atoms with Crippen LogP contribution in [0.3, 0.4) is 0 Å². The number of aryl methyl sites for hydroxylation is 1. The van der Waals surface area contributed by atoms with Crippen molar-refractivity contribution in [3.8, 4) is 0 Å². The Morgan fingerprint density at radius 1 is 1.14 bits per heavy atom. The predicted molar refractivity (Wildman–Crippen MR) is 117 cm³/mol. The van der Waals surface area contributed by atoms with E-state index in [9.17, 15) is 4.79 Å². The fraction of sp³-hybridized carbons (Fsp3) is 0.391. The first-order valence-corrected chi connectivity index (χ1v) is 10.2. The first-order chi connectivity index (χ1) is 14.2. The normalized spacial score (nSPS) is 14.6. The number of likely N-dealkylation sites (tertiary alicyclic amines) is 1. The minimum absolute atomic E-state index is 0.161. The Kier molecular flexibility index (Phi) is 7.50. The summed E-state index contributed by atoms with van der Waals surface area (Å²) in [6.45, 7) is 5.14. The molecule has 6 heteroatoms. The summed E-state index contributed by atoms with van der Waals surface area (Å²) in [4.78, 5) is 18.7. The molecule has 0 bridgehead atoms. The Hall–Kier alpha value is -3.02. The number of amides is 1. The van der Waals surface area contributed by atoms with Gasteiger partial charge in [0, 0.05) is 38.8 Å². The molecular weight excluding hydrogens is 364 g/mol. The zero-order valence-electron chi connectivity index (χ0n) is 17.3. The molecule has 0 saturated carbocycles. The number of hydrogen-bond donors (Lipinski definition) is 2. The SMILES string of the molecule is CN=C(NCCCNC(=O)c1occc1C)N1CCC(=Cc2ccccc2)CC1. The van der Waals surface area contributed by atoms with Crippen LogP contribution >= 0.6 is 0 Å². The van der Waals surface area contributed by atoms with Gasteiger partial charge < -0.3 is 20.0 Å². The molecule has 1 saturated heterocycles. The van der Waals surface area contributed by atoms with Gasteiger partial charge in [0.1, 0.15) is 0 Å². The van der Waals surface area contributed by atoms with Gasteiger partial charge in [0.05, 0.1) is 6.26 Å². The summed E-state index contributed by atoms with van der Waals surface area (Å²) in [7, 11) is 1.82. The van der Waals surface area contributed by atoms with Crippen molar-refractivity contribution in [3.05, 3.63) is 65.1 Å². The Balaban J connectivity index is 1.37. The Morgan fingerprint density at radius 2 is 1.86 bits per heavy atom. The van der Waals surface area contributed by atoms with Gasteiger partial charge in [-0.05, 0) is 37.8 Å². The number of rotatable bonds is 6. The molecule has 6 nitrogen and oxygen atoms in total. The highest BCUT2D eigenvalue weighted by molar-refractivity contribution is 5.92. The largest absolute Gasteiger partial charge is 0.459 e. The number of nitrogens with one attached hydrogen (secondary N) is 2. The fourth-order valence-electron chi connectivity index (χ4n) is 3.44. The molecular formula is C23H30N4O2. The van der Waals surface area contributed by atoms with Crippen LogP contribution in [-0.2, 0) is 0 Å². The minimum Gasteiger partial charge on any atom is -0.459 e. The molecule has 1 aromatic carbocycles. The number of furan rings is 1. The van der Waals surface area contributed by atoms with Crippen molar-refractivity contribution in [2.45, 2.75) is 26.2 Å². The van der Waals surface area contributed by atoms with Crippen LogP contribution in [-0.4, -0.2) is 50.0 Å². The molecule has 2 aromatic rings. The number of carbonyl (C=O) groups excluding carboxylic acids is 1. The van der Waals surface area contributed by atoms with Gasteiger partial charge in [-0.15, -0.1) is 0 Å². The molecule has 2 N–H and O–H groups in total. The molecule has 29 heavy (non-hydrogen) atoms. The molecule has 1 fully saturated rings. The molecule has 0 spiro atoms. The summed E-state index contributed by atoms with van der Waals surface area (Å²) in [6, 6.07) is 12.3. The highest BCUT2D eigenvalue weighted by Crippen LogP contribution is 2.19. The third-order valence-electron chi connectivity index (χ3n) is 5.08. The van der Waals surface area contributed by atoms with Crippen molar-refractivity contribution < 1.29 is 9.21 Å². The van der Waals surface area contributed by atoms with Gasteiger partial charge in [-0.25, -0.2) is 0 Å². The summed E-state index contributed by atoms with van der Waals surface area (Å²) < 4.78 is 5.21. The van der Waals surface area contributed by atoms with Gasteiger partial charge in [-0.2, -0.15) is 0 Å². The first-order valence-electron chi connectivity index (χ1n) is 10.2. The quantitative estimate of drug-likeness (QED) is 0.447. The van der Waals surface area contributed by atoms with Gasteiger partial charge in [0.15, 0.2) is 11.7 Å². The predicted octanol–water partition coefficient (Wildman–Crippen LogP) is 3.46. The molecule has 154 valence electrons. The average Bonchev–Trinajstić information content (AvgIpc) is 3.18. The highest BCUT2D eigenvalue weighted by Gasteiger charge is 2.17. The molecule has 1 aliphatic heterocycles. The molecule has 0 aliphatic carbocycles. The van der Waals surface area contributed by atoms with E-state index >= 15 is 0 Å². The topological polar surface area (TPSA) is 69.9 Å². The summed E-state index contributed by atoms with van der Waals surface area (Å²) >= 11 is 0. The Bertz CT molecular complexity index is 845. The molecule has 0 radical (unpaired) electrons. The van der Waals surface area contributed by atoms with Crippen LogP contribution in [0.1, 0.15) is 40.9 Å². The van der Waals surface area contributed by atoms with E-state index in [1.807, 2.05) is 20.0 Å². The van der Waals surface area contributed by atoms with Gasteiger partial charge in [0.2, 0.25) is 0 Å². The van der Waals surface area contributed by atoms with Crippen LogP contribution in [0, 0.1) is 6.92 Å². The second kappa shape index (κ2) is 10.5.